The quantitative estimate of drug-likeness (QED) is 0.759. The van der Waals surface area contributed by atoms with Crippen molar-refractivity contribution < 1.29 is 0 Å². The van der Waals surface area contributed by atoms with Gasteiger partial charge in [0.25, 0.3) is 0 Å². The lowest BCUT2D eigenvalue weighted by Gasteiger charge is -2.14. The van der Waals surface area contributed by atoms with E-state index in [1.807, 2.05) is 24.5 Å². The highest BCUT2D eigenvalue weighted by Crippen LogP contribution is 2.21. The molecule has 0 fully saturated rings. The van der Waals surface area contributed by atoms with Crippen molar-refractivity contribution in [1.82, 2.24) is 10.3 Å². The lowest BCUT2D eigenvalue weighted by atomic mass is 10.0. The highest BCUT2D eigenvalue weighted by molar-refractivity contribution is 5.62. The predicted molar refractivity (Wildman–Crippen MR) is 84.4 cm³/mol. The molecule has 0 saturated carbocycles. The number of aromatic nitrogens is 1. The van der Waals surface area contributed by atoms with Crippen LogP contribution in [0, 0.1) is 0 Å². The van der Waals surface area contributed by atoms with Gasteiger partial charge in [0.15, 0.2) is 0 Å². The van der Waals surface area contributed by atoms with Crippen molar-refractivity contribution in [2.24, 2.45) is 5.73 Å². The monoisotopic (exact) mass is 269 g/mol. The summed E-state index contributed by atoms with van der Waals surface area (Å²) in [6.45, 7) is 3.99. The molecule has 1 heterocycles. The van der Waals surface area contributed by atoms with Crippen LogP contribution in [0.5, 0.6) is 0 Å². The van der Waals surface area contributed by atoms with Gasteiger partial charge < -0.3 is 11.1 Å². The van der Waals surface area contributed by atoms with Gasteiger partial charge in [-0.15, -0.1) is 0 Å². The number of hydrogen-bond donors (Lipinski definition) is 2. The minimum atomic E-state index is 0.374. The molecule has 0 amide bonds. The Hall–Kier alpha value is -1.71. The Kier molecular flexibility index (Phi) is 5.71. The third-order valence-electron chi connectivity index (χ3n) is 3.51. The summed E-state index contributed by atoms with van der Waals surface area (Å²) < 4.78 is 0. The smallest absolute Gasteiger partial charge is 0.0291 e. The molecule has 0 spiro atoms. The number of nitrogens with one attached hydrogen (secondary N) is 1. The Labute approximate surface area is 121 Å². The fraction of sp³-hybridized carbons (Fsp3) is 0.353. The van der Waals surface area contributed by atoms with Gasteiger partial charge in [-0.2, -0.15) is 0 Å². The lowest BCUT2D eigenvalue weighted by Crippen LogP contribution is -2.20. The first-order chi connectivity index (χ1) is 9.81. The molecule has 1 aromatic heterocycles. The zero-order chi connectivity index (χ0) is 14.2. The standard InChI is InChI=1S/C17H23N3/c1-14(20-11-3-2-10-18)15-4-6-16(7-5-15)17-8-12-19-13-9-17/h4-9,12-14,20H,2-3,10-11,18H2,1H3. The van der Waals surface area contributed by atoms with Crippen LogP contribution < -0.4 is 11.1 Å². The number of hydrogen-bond acceptors (Lipinski definition) is 3. The van der Waals surface area contributed by atoms with Crippen LogP contribution in [0.25, 0.3) is 11.1 Å². The fourth-order valence-corrected chi connectivity index (χ4v) is 2.21. The van der Waals surface area contributed by atoms with Crippen molar-refractivity contribution >= 4 is 0 Å². The Morgan fingerprint density at radius 2 is 1.65 bits per heavy atom. The van der Waals surface area contributed by atoms with E-state index in [4.69, 9.17) is 5.73 Å². The maximum Gasteiger partial charge on any atom is 0.0291 e. The third-order valence-corrected chi connectivity index (χ3v) is 3.51. The van der Waals surface area contributed by atoms with E-state index in [2.05, 4.69) is 41.5 Å². The van der Waals surface area contributed by atoms with Gasteiger partial charge in [0.1, 0.15) is 0 Å². The van der Waals surface area contributed by atoms with Crippen LogP contribution in [-0.4, -0.2) is 18.1 Å². The van der Waals surface area contributed by atoms with Crippen LogP contribution in [-0.2, 0) is 0 Å². The van der Waals surface area contributed by atoms with Gasteiger partial charge in [-0.25, -0.2) is 0 Å². The molecule has 3 N–H and O–H groups in total. The summed E-state index contributed by atoms with van der Waals surface area (Å²) in [6, 6.07) is 13.2. The summed E-state index contributed by atoms with van der Waals surface area (Å²) in [5.41, 5.74) is 9.24. The van der Waals surface area contributed by atoms with Crippen molar-refractivity contribution in [3.63, 3.8) is 0 Å². The Morgan fingerprint density at radius 3 is 2.30 bits per heavy atom. The molecular formula is C17H23N3. The second-order valence-corrected chi connectivity index (χ2v) is 5.03. The van der Waals surface area contributed by atoms with E-state index in [9.17, 15) is 0 Å². The molecule has 0 radical (unpaired) electrons. The number of unbranched alkanes of at least 4 members (excludes halogenated alkanes) is 1. The average molecular weight is 269 g/mol. The van der Waals surface area contributed by atoms with Gasteiger partial charge in [-0.1, -0.05) is 24.3 Å². The minimum absolute atomic E-state index is 0.374. The van der Waals surface area contributed by atoms with Crippen LogP contribution in [0.4, 0.5) is 0 Å². The second-order valence-electron chi connectivity index (χ2n) is 5.03. The molecule has 1 atom stereocenters. The van der Waals surface area contributed by atoms with E-state index in [-0.39, 0.29) is 0 Å². The molecule has 106 valence electrons. The van der Waals surface area contributed by atoms with E-state index in [1.165, 1.54) is 16.7 Å². The van der Waals surface area contributed by atoms with Crippen LogP contribution >= 0.6 is 0 Å². The molecule has 0 aliphatic carbocycles. The molecular weight excluding hydrogens is 246 g/mol. The number of nitrogens with two attached hydrogens (primary N) is 1. The van der Waals surface area contributed by atoms with Crippen LogP contribution in [0.15, 0.2) is 48.8 Å². The summed E-state index contributed by atoms with van der Waals surface area (Å²) in [7, 11) is 0. The van der Waals surface area contributed by atoms with Crippen molar-refractivity contribution in [3.05, 3.63) is 54.4 Å². The van der Waals surface area contributed by atoms with Crippen molar-refractivity contribution in [3.8, 4) is 11.1 Å². The predicted octanol–water partition coefficient (Wildman–Crippen LogP) is 3.14. The number of benzene rings is 1. The van der Waals surface area contributed by atoms with Crippen LogP contribution in [0.1, 0.15) is 31.4 Å². The van der Waals surface area contributed by atoms with Gasteiger partial charge >= 0.3 is 0 Å². The highest BCUT2D eigenvalue weighted by atomic mass is 14.9. The number of pyridine rings is 1. The highest BCUT2D eigenvalue weighted by Gasteiger charge is 2.04. The largest absolute Gasteiger partial charge is 0.330 e. The van der Waals surface area contributed by atoms with Crippen LogP contribution in [0.3, 0.4) is 0 Å². The topological polar surface area (TPSA) is 50.9 Å². The lowest BCUT2D eigenvalue weighted by molar-refractivity contribution is 0.549. The van der Waals surface area contributed by atoms with Gasteiger partial charge in [0, 0.05) is 18.4 Å². The summed E-state index contributed by atoms with van der Waals surface area (Å²) in [6.07, 6.45) is 5.87. The van der Waals surface area contributed by atoms with Gasteiger partial charge in [0.05, 0.1) is 0 Å². The Balaban J connectivity index is 1.94. The second kappa shape index (κ2) is 7.78. The summed E-state index contributed by atoms with van der Waals surface area (Å²) >= 11 is 0. The van der Waals surface area contributed by atoms with Crippen molar-refractivity contribution in [1.29, 1.82) is 0 Å². The molecule has 3 heteroatoms. The molecule has 0 aliphatic rings. The van der Waals surface area contributed by atoms with Gasteiger partial charge in [-0.3, -0.25) is 4.98 Å². The van der Waals surface area contributed by atoms with E-state index in [1.54, 1.807) is 0 Å². The normalized spacial score (nSPS) is 12.3. The number of rotatable bonds is 7. The molecule has 1 aromatic carbocycles. The zero-order valence-electron chi connectivity index (χ0n) is 12.0. The molecule has 3 nitrogen and oxygen atoms in total. The number of nitrogens with zero attached hydrogens (tertiary/aromatic N) is 1. The molecule has 0 saturated heterocycles. The van der Waals surface area contributed by atoms with Crippen LogP contribution in [0.2, 0.25) is 0 Å². The minimum Gasteiger partial charge on any atom is -0.330 e. The van der Waals surface area contributed by atoms with Crippen molar-refractivity contribution in [2.75, 3.05) is 13.1 Å². The first-order valence-electron chi connectivity index (χ1n) is 7.25. The third kappa shape index (κ3) is 4.15. The molecule has 0 bridgehead atoms. The van der Waals surface area contributed by atoms with Gasteiger partial charge in [0.2, 0.25) is 0 Å². The van der Waals surface area contributed by atoms with E-state index >= 15 is 0 Å². The van der Waals surface area contributed by atoms with Crippen molar-refractivity contribution in [2.45, 2.75) is 25.8 Å². The fourth-order valence-electron chi connectivity index (χ4n) is 2.21. The first-order valence-corrected chi connectivity index (χ1v) is 7.25. The molecule has 2 rings (SSSR count). The van der Waals surface area contributed by atoms with Gasteiger partial charge in [-0.05, 0) is 61.7 Å². The molecule has 20 heavy (non-hydrogen) atoms. The summed E-state index contributed by atoms with van der Waals surface area (Å²) in [4.78, 5) is 4.05. The molecule has 1 unspecified atom stereocenters. The van der Waals surface area contributed by atoms with E-state index in [0.29, 0.717) is 6.04 Å². The summed E-state index contributed by atoms with van der Waals surface area (Å²) in [5, 5.41) is 3.53. The zero-order valence-corrected chi connectivity index (χ0v) is 12.0. The maximum atomic E-state index is 5.50. The molecule has 0 aliphatic heterocycles. The van der Waals surface area contributed by atoms with E-state index < -0.39 is 0 Å². The first kappa shape index (κ1) is 14.7. The molecule has 2 aromatic rings. The Bertz CT molecular complexity index is 493. The summed E-state index contributed by atoms with van der Waals surface area (Å²) in [5.74, 6) is 0. The SMILES string of the molecule is CC(NCCCCN)c1ccc(-c2ccncc2)cc1. The average Bonchev–Trinajstić information content (AvgIpc) is 2.52. The van der Waals surface area contributed by atoms with E-state index in [0.717, 1.165) is 25.9 Å². The maximum absolute atomic E-state index is 5.50. The Morgan fingerprint density at radius 1 is 1.00 bits per heavy atom.